The lowest BCUT2D eigenvalue weighted by Gasteiger charge is -2.36. The largest absolute Gasteiger partial charge is 0.336 e. The number of carbonyl (C=O) groups excluding carboxylic acids is 1. The molecule has 0 aliphatic carbocycles. The van der Waals surface area contributed by atoms with Gasteiger partial charge in [0.05, 0.1) is 5.56 Å². The molecule has 2 saturated heterocycles. The molecule has 1 aromatic rings. The van der Waals surface area contributed by atoms with Crippen molar-refractivity contribution in [3.63, 3.8) is 0 Å². The van der Waals surface area contributed by atoms with Gasteiger partial charge in [0.1, 0.15) is 5.82 Å². The van der Waals surface area contributed by atoms with Crippen molar-refractivity contribution in [3.05, 3.63) is 23.8 Å². The summed E-state index contributed by atoms with van der Waals surface area (Å²) in [6.45, 7) is 6.48. The van der Waals surface area contributed by atoms with Gasteiger partial charge in [0.15, 0.2) is 0 Å². The summed E-state index contributed by atoms with van der Waals surface area (Å²) in [5, 5.41) is 0. The number of piperidine rings is 1. The Labute approximate surface area is 139 Å². The maximum absolute atomic E-state index is 12.8. The molecule has 3 heterocycles. The lowest BCUT2D eigenvalue weighted by atomic mass is 9.98. The van der Waals surface area contributed by atoms with Crippen molar-refractivity contribution < 1.29 is 4.79 Å². The fourth-order valence-corrected chi connectivity index (χ4v) is 3.72. The minimum absolute atomic E-state index is 0.110. The Balaban J connectivity index is 1.62. The summed E-state index contributed by atoms with van der Waals surface area (Å²) in [6.07, 6.45) is 11.4. The first-order valence-corrected chi connectivity index (χ1v) is 9.12. The quantitative estimate of drug-likeness (QED) is 0.837. The number of rotatable bonds is 5. The van der Waals surface area contributed by atoms with Gasteiger partial charge >= 0.3 is 0 Å². The van der Waals surface area contributed by atoms with Gasteiger partial charge in [-0.15, -0.1) is 0 Å². The fourth-order valence-electron chi connectivity index (χ4n) is 3.72. The normalized spacial score (nSPS) is 22.5. The monoisotopic (exact) mass is 316 g/mol. The van der Waals surface area contributed by atoms with E-state index in [4.69, 9.17) is 0 Å². The first kappa shape index (κ1) is 16.4. The van der Waals surface area contributed by atoms with E-state index in [1.165, 1.54) is 32.4 Å². The van der Waals surface area contributed by atoms with Crippen LogP contribution < -0.4 is 0 Å². The molecule has 0 N–H and O–H groups in total. The molecule has 126 valence electrons. The van der Waals surface area contributed by atoms with Crippen molar-refractivity contribution in [2.24, 2.45) is 0 Å². The third-order valence-electron chi connectivity index (χ3n) is 5.13. The molecule has 0 spiro atoms. The van der Waals surface area contributed by atoms with Crippen LogP contribution in [0.25, 0.3) is 0 Å². The number of carbonyl (C=O) groups is 1. The lowest BCUT2D eigenvalue weighted by molar-refractivity contribution is 0.0587. The molecule has 1 unspecified atom stereocenters. The van der Waals surface area contributed by atoms with E-state index in [1.807, 2.05) is 6.92 Å². The molecule has 0 bridgehead atoms. The Hall–Kier alpha value is -1.49. The first-order valence-electron chi connectivity index (χ1n) is 9.12. The second-order valence-electron chi connectivity index (χ2n) is 6.73. The summed E-state index contributed by atoms with van der Waals surface area (Å²) in [6, 6.07) is 0.378. The Morgan fingerprint density at radius 2 is 1.83 bits per heavy atom. The standard InChI is InChI=1S/C18H28N4O/c1-2-17-19-13-15(14-20-17)18(23)22-11-4-3-7-16(22)8-12-21-9-5-6-10-21/h13-14,16H,2-12H2,1H3. The van der Waals surface area contributed by atoms with Gasteiger partial charge in [-0.25, -0.2) is 9.97 Å². The number of aromatic nitrogens is 2. The molecule has 2 aliphatic heterocycles. The van der Waals surface area contributed by atoms with Crippen LogP contribution in [0.15, 0.2) is 12.4 Å². The summed E-state index contributed by atoms with van der Waals surface area (Å²) in [5.74, 6) is 0.907. The van der Waals surface area contributed by atoms with Crippen LogP contribution in [-0.2, 0) is 6.42 Å². The highest BCUT2D eigenvalue weighted by atomic mass is 16.2. The van der Waals surface area contributed by atoms with E-state index >= 15 is 0 Å². The predicted molar refractivity (Wildman–Crippen MR) is 90.4 cm³/mol. The Kier molecular flexibility index (Phi) is 5.60. The van der Waals surface area contributed by atoms with Crippen molar-refractivity contribution in [2.45, 2.75) is 57.9 Å². The molecule has 1 amide bonds. The summed E-state index contributed by atoms with van der Waals surface area (Å²) >= 11 is 0. The van der Waals surface area contributed by atoms with E-state index in [1.54, 1.807) is 12.4 Å². The maximum Gasteiger partial charge on any atom is 0.257 e. The Morgan fingerprint density at radius 1 is 1.13 bits per heavy atom. The van der Waals surface area contributed by atoms with Crippen LogP contribution in [-0.4, -0.2) is 57.9 Å². The molecular formula is C18H28N4O. The average Bonchev–Trinajstić information content (AvgIpc) is 3.13. The molecule has 23 heavy (non-hydrogen) atoms. The zero-order chi connectivity index (χ0) is 16.1. The number of nitrogens with zero attached hydrogens (tertiary/aromatic N) is 4. The smallest absolute Gasteiger partial charge is 0.257 e. The Morgan fingerprint density at radius 3 is 2.52 bits per heavy atom. The van der Waals surface area contributed by atoms with Crippen molar-refractivity contribution >= 4 is 5.91 Å². The van der Waals surface area contributed by atoms with Gasteiger partial charge in [-0.05, 0) is 51.6 Å². The molecule has 2 aliphatic rings. The molecule has 5 nitrogen and oxygen atoms in total. The first-order chi connectivity index (χ1) is 11.3. The Bertz CT molecular complexity index is 510. The second kappa shape index (κ2) is 7.86. The summed E-state index contributed by atoms with van der Waals surface area (Å²) in [7, 11) is 0. The van der Waals surface area contributed by atoms with Gasteiger partial charge in [0.2, 0.25) is 0 Å². The lowest BCUT2D eigenvalue weighted by Crippen LogP contribution is -2.45. The molecule has 3 rings (SSSR count). The zero-order valence-corrected chi connectivity index (χ0v) is 14.2. The van der Waals surface area contributed by atoms with Gasteiger partial charge in [-0.2, -0.15) is 0 Å². The number of hydrogen-bond donors (Lipinski definition) is 0. The van der Waals surface area contributed by atoms with Gasteiger partial charge < -0.3 is 9.80 Å². The fraction of sp³-hybridized carbons (Fsp3) is 0.722. The molecule has 5 heteroatoms. The van der Waals surface area contributed by atoms with E-state index in [9.17, 15) is 4.79 Å². The van der Waals surface area contributed by atoms with Crippen molar-refractivity contribution in [3.8, 4) is 0 Å². The van der Waals surface area contributed by atoms with Crippen molar-refractivity contribution in [1.29, 1.82) is 0 Å². The highest BCUT2D eigenvalue weighted by Crippen LogP contribution is 2.23. The van der Waals surface area contributed by atoms with Gasteiger partial charge in [0.25, 0.3) is 5.91 Å². The zero-order valence-electron chi connectivity index (χ0n) is 14.2. The minimum atomic E-state index is 0.110. The molecule has 0 saturated carbocycles. The molecule has 2 fully saturated rings. The molecule has 0 radical (unpaired) electrons. The molecular weight excluding hydrogens is 288 g/mol. The molecule has 1 aromatic heterocycles. The number of aryl methyl sites for hydroxylation is 1. The topological polar surface area (TPSA) is 49.3 Å². The van der Waals surface area contributed by atoms with Gasteiger partial charge in [-0.1, -0.05) is 6.92 Å². The van der Waals surface area contributed by atoms with Crippen LogP contribution in [0.5, 0.6) is 0 Å². The van der Waals surface area contributed by atoms with Gasteiger partial charge in [0, 0.05) is 37.9 Å². The minimum Gasteiger partial charge on any atom is -0.336 e. The average molecular weight is 316 g/mol. The summed E-state index contributed by atoms with van der Waals surface area (Å²) in [4.78, 5) is 26.0. The molecule has 0 aromatic carbocycles. The van der Waals surface area contributed by atoms with E-state index in [0.29, 0.717) is 11.6 Å². The highest BCUT2D eigenvalue weighted by Gasteiger charge is 2.28. The van der Waals surface area contributed by atoms with Crippen LogP contribution in [0, 0.1) is 0 Å². The number of hydrogen-bond acceptors (Lipinski definition) is 4. The van der Waals surface area contributed by atoms with Crippen LogP contribution in [0.4, 0.5) is 0 Å². The van der Waals surface area contributed by atoms with E-state index in [2.05, 4.69) is 19.8 Å². The number of likely N-dealkylation sites (tertiary alicyclic amines) is 2. The molecule has 1 atom stereocenters. The SMILES string of the molecule is CCc1ncc(C(=O)N2CCCCC2CCN2CCCC2)cn1. The van der Waals surface area contributed by atoms with Crippen molar-refractivity contribution in [1.82, 2.24) is 19.8 Å². The van der Waals surface area contributed by atoms with E-state index in [-0.39, 0.29) is 5.91 Å². The third-order valence-corrected chi connectivity index (χ3v) is 5.13. The summed E-state index contributed by atoms with van der Waals surface area (Å²) < 4.78 is 0. The predicted octanol–water partition coefficient (Wildman–Crippen LogP) is 2.52. The number of amides is 1. The highest BCUT2D eigenvalue weighted by molar-refractivity contribution is 5.93. The van der Waals surface area contributed by atoms with Crippen LogP contribution in [0.2, 0.25) is 0 Å². The van der Waals surface area contributed by atoms with Crippen LogP contribution in [0.3, 0.4) is 0 Å². The van der Waals surface area contributed by atoms with E-state index in [0.717, 1.165) is 44.6 Å². The van der Waals surface area contributed by atoms with Crippen molar-refractivity contribution in [2.75, 3.05) is 26.2 Å². The second-order valence-corrected chi connectivity index (χ2v) is 6.73. The van der Waals surface area contributed by atoms with E-state index < -0.39 is 0 Å². The van der Waals surface area contributed by atoms with Crippen LogP contribution >= 0.6 is 0 Å². The maximum atomic E-state index is 12.8. The van der Waals surface area contributed by atoms with Crippen LogP contribution in [0.1, 0.15) is 61.6 Å². The van der Waals surface area contributed by atoms with Gasteiger partial charge in [-0.3, -0.25) is 4.79 Å². The summed E-state index contributed by atoms with van der Waals surface area (Å²) in [5.41, 5.74) is 0.635. The third kappa shape index (κ3) is 4.08.